The predicted octanol–water partition coefficient (Wildman–Crippen LogP) is 2.57. The quantitative estimate of drug-likeness (QED) is 0.620. The Labute approximate surface area is 146 Å². The largest absolute Gasteiger partial charge is 0.491 e. The van der Waals surface area contributed by atoms with Crippen LogP contribution in [-0.4, -0.2) is 35.3 Å². The van der Waals surface area contributed by atoms with E-state index in [9.17, 15) is 9.90 Å². The topological polar surface area (TPSA) is 74.3 Å². The van der Waals surface area contributed by atoms with E-state index in [1.54, 1.807) is 0 Å². The van der Waals surface area contributed by atoms with Gasteiger partial charge in [0.2, 0.25) is 5.91 Å². The van der Waals surface area contributed by atoms with E-state index in [4.69, 9.17) is 4.74 Å². The van der Waals surface area contributed by atoms with Crippen LogP contribution in [0.5, 0.6) is 5.75 Å². The van der Waals surface area contributed by atoms with Gasteiger partial charge in [0.25, 0.3) is 0 Å². The zero-order valence-electron chi connectivity index (χ0n) is 14.2. The lowest BCUT2D eigenvalue weighted by molar-refractivity contribution is -0.120. The number of aromatic amines is 1. The highest BCUT2D eigenvalue weighted by Crippen LogP contribution is 2.18. The lowest BCUT2D eigenvalue weighted by Gasteiger charge is -2.13. The number of aliphatic hydroxyl groups is 1. The molecule has 0 aliphatic rings. The van der Waals surface area contributed by atoms with Crippen LogP contribution in [0, 0.1) is 6.92 Å². The third-order valence-electron chi connectivity index (χ3n) is 3.99. The standard InChI is InChI=1S/C20H22N2O3/c1-14-5-4-6-17(9-14)25-13-16(23)12-22-20(24)10-15-11-21-19-8-3-2-7-18(15)19/h2-9,11,16,21,23H,10,12-13H2,1H3,(H,22,24). The van der Waals surface area contributed by atoms with Gasteiger partial charge in [-0.25, -0.2) is 0 Å². The molecule has 3 rings (SSSR count). The van der Waals surface area contributed by atoms with E-state index in [2.05, 4.69) is 10.3 Å². The number of amides is 1. The first-order valence-electron chi connectivity index (χ1n) is 8.31. The van der Waals surface area contributed by atoms with Crippen LogP contribution >= 0.6 is 0 Å². The van der Waals surface area contributed by atoms with E-state index in [0.29, 0.717) is 5.75 Å². The average molecular weight is 338 g/mol. The summed E-state index contributed by atoms with van der Waals surface area (Å²) in [6.45, 7) is 2.28. The summed E-state index contributed by atoms with van der Waals surface area (Å²) in [5, 5.41) is 13.8. The number of nitrogens with one attached hydrogen (secondary N) is 2. The zero-order valence-corrected chi connectivity index (χ0v) is 14.2. The van der Waals surface area contributed by atoms with Crippen molar-refractivity contribution in [2.75, 3.05) is 13.2 Å². The van der Waals surface area contributed by atoms with Gasteiger partial charge < -0.3 is 20.1 Å². The first kappa shape index (κ1) is 17.0. The second-order valence-corrected chi connectivity index (χ2v) is 6.12. The Morgan fingerprint density at radius 1 is 1.24 bits per heavy atom. The van der Waals surface area contributed by atoms with Crippen LogP contribution < -0.4 is 10.1 Å². The van der Waals surface area contributed by atoms with Crippen LogP contribution in [0.2, 0.25) is 0 Å². The van der Waals surface area contributed by atoms with Crippen molar-refractivity contribution < 1.29 is 14.6 Å². The molecule has 1 atom stereocenters. The Hall–Kier alpha value is -2.79. The molecule has 0 aliphatic carbocycles. The molecule has 2 aromatic carbocycles. The smallest absolute Gasteiger partial charge is 0.224 e. The number of fused-ring (bicyclic) bond motifs is 1. The third kappa shape index (κ3) is 4.61. The molecule has 0 radical (unpaired) electrons. The first-order chi connectivity index (χ1) is 12.1. The monoisotopic (exact) mass is 338 g/mol. The number of ether oxygens (including phenoxy) is 1. The van der Waals surface area contributed by atoms with Crippen molar-refractivity contribution in [1.29, 1.82) is 0 Å². The van der Waals surface area contributed by atoms with Crippen molar-refractivity contribution in [3.05, 3.63) is 65.9 Å². The molecule has 1 aromatic heterocycles. The second kappa shape index (κ2) is 7.85. The third-order valence-corrected chi connectivity index (χ3v) is 3.99. The van der Waals surface area contributed by atoms with Crippen molar-refractivity contribution >= 4 is 16.8 Å². The van der Waals surface area contributed by atoms with Crippen LogP contribution in [0.25, 0.3) is 10.9 Å². The number of carbonyl (C=O) groups excluding carboxylic acids is 1. The number of aromatic nitrogens is 1. The number of aliphatic hydroxyl groups excluding tert-OH is 1. The highest BCUT2D eigenvalue weighted by atomic mass is 16.5. The summed E-state index contributed by atoms with van der Waals surface area (Å²) in [4.78, 5) is 15.3. The minimum absolute atomic E-state index is 0.126. The Bertz CT molecular complexity index is 857. The van der Waals surface area contributed by atoms with Gasteiger partial charge in [0.1, 0.15) is 18.5 Å². The summed E-state index contributed by atoms with van der Waals surface area (Å²) >= 11 is 0. The van der Waals surface area contributed by atoms with Crippen LogP contribution in [0.1, 0.15) is 11.1 Å². The normalized spacial score (nSPS) is 12.1. The molecule has 1 amide bonds. The van der Waals surface area contributed by atoms with Crippen molar-refractivity contribution in [1.82, 2.24) is 10.3 Å². The van der Waals surface area contributed by atoms with Gasteiger partial charge in [-0.15, -0.1) is 0 Å². The first-order valence-corrected chi connectivity index (χ1v) is 8.31. The molecule has 130 valence electrons. The number of rotatable bonds is 7. The molecule has 5 heteroatoms. The Kier molecular flexibility index (Phi) is 5.36. The molecule has 0 bridgehead atoms. The summed E-state index contributed by atoms with van der Waals surface area (Å²) in [5.41, 5.74) is 3.05. The predicted molar refractivity (Wildman–Crippen MR) is 97.7 cm³/mol. The number of hydrogen-bond donors (Lipinski definition) is 3. The number of aryl methyl sites for hydroxylation is 1. The van der Waals surface area contributed by atoms with Crippen LogP contribution in [-0.2, 0) is 11.2 Å². The zero-order chi connectivity index (χ0) is 17.6. The molecule has 0 spiro atoms. The number of benzene rings is 2. The average Bonchev–Trinajstić information content (AvgIpc) is 3.01. The maximum atomic E-state index is 12.1. The number of hydrogen-bond acceptors (Lipinski definition) is 3. The molecule has 0 aliphatic heterocycles. The molecule has 1 heterocycles. The molecule has 0 saturated carbocycles. The van der Waals surface area contributed by atoms with Crippen molar-refractivity contribution in [2.24, 2.45) is 0 Å². The van der Waals surface area contributed by atoms with Gasteiger partial charge in [0.05, 0.1) is 6.42 Å². The van der Waals surface area contributed by atoms with Gasteiger partial charge in [0, 0.05) is 23.6 Å². The molecule has 3 aromatic rings. The van der Waals surface area contributed by atoms with Crippen molar-refractivity contribution in [3.63, 3.8) is 0 Å². The summed E-state index contributed by atoms with van der Waals surface area (Å²) in [6, 6.07) is 15.5. The van der Waals surface area contributed by atoms with Crippen LogP contribution in [0.15, 0.2) is 54.7 Å². The van der Waals surface area contributed by atoms with Crippen molar-refractivity contribution in [2.45, 2.75) is 19.4 Å². The van der Waals surface area contributed by atoms with E-state index in [0.717, 1.165) is 22.0 Å². The molecule has 5 nitrogen and oxygen atoms in total. The fraction of sp³-hybridized carbons (Fsp3) is 0.250. The lowest BCUT2D eigenvalue weighted by atomic mass is 10.1. The molecule has 0 saturated heterocycles. The SMILES string of the molecule is Cc1cccc(OCC(O)CNC(=O)Cc2c[nH]c3ccccc23)c1. The second-order valence-electron chi connectivity index (χ2n) is 6.12. The van der Waals surface area contributed by atoms with Gasteiger partial charge in [0.15, 0.2) is 0 Å². The Morgan fingerprint density at radius 2 is 2.08 bits per heavy atom. The molecule has 1 unspecified atom stereocenters. The minimum Gasteiger partial charge on any atom is -0.491 e. The Morgan fingerprint density at radius 3 is 2.92 bits per heavy atom. The molecular weight excluding hydrogens is 316 g/mol. The van der Waals surface area contributed by atoms with Crippen LogP contribution in [0.4, 0.5) is 0 Å². The van der Waals surface area contributed by atoms with Gasteiger partial charge >= 0.3 is 0 Å². The maximum Gasteiger partial charge on any atom is 0.224 e. The maximum absolute atomic E-state index is 12.1. The van der Waals surface area contributed by atoms with Gasteiger partial charge in [-0.1, -0.05) is 30.3 Å². The minimum atomic E-state index is -0.757. The summed E-state index contributed by atoms with van der Waals surface area (Å²) in [7, 11) is 0. The number of carbonyl (C=O) groups is 1. The summed E-state index contributed by atoms with van der Waals surface area (Å²) in [6.07, 6.45) is 1.37. The van der Waals surface area contributed by atoms with E-state index in [1.165, 1.54) is 0 Å². The Balaban J connectivity index is 1.45. The van der Waals surface area contributed by atoms with E-state index < -0.39 is 6.10 Å². The van der Waals surface area contributed by atoms with Gasteiger partial charge in [-0.2, -0.15) is 0 Å². The van der Waals surface area contributed by atoms with Gasteiger partial charge in [-0.3, -0.25) is 4.79 Å². The molecule has 0 fully saturated rings. The van der Waals surface area contributed by atoms with E-state index >= 15 is 0 Å². The number of H-pyrrole nitrogens is 1. The van der Waals surface area contributed by atoms with E-state index in [-0.39, 0.29) is 25.5 Å². The summed E-state index contributed by atoms with van der Waals surface area (Å²) < 4.78 is 5.54. The van der Waals surface area contributed by atoms with Crippen molar-refractivity contribution in [3.8, 4) is 5.75 Å². The van der Waals surface area contributed by atoms with E-state index in [1.807, 2.05) is 61.7 Å². The molecule has 3 N–H and O–H groups in total. The fourth-order valence-electron chi connectivity index (χ4n) is 2.70. The molecular formula is C20H22N2O3. The highest BCUT2D eigenvalue weighted by molar-refractivity contribution is 5.88. The highest BCUT2D eigenvalue weighted by Gasteiger charge is 2.11. The summed E-state index contributed by atoms with van der Waals surface area (Å²) in [5.74, 6) is 0.587. The fourth-order valence-corrected chi connectivity index (χ4v) is 2.70. The van der Waals surface area contributed by atoms with Gasteiger partial charge in [-0.05, 0) is 36.2 Å². The number of para-hydroxylation sites is 1. The lowest BCUT2D eigenvalue weighted by Crippen LogP contribution is -2.36. The van der Waals surface area contributed by atoms with Crippen LogP contribution in [0.3, 0.4) is 0 Å². The molecule has 25 heavy (non-hydrogen) atoms.